The van der Waals surface area contributed by atoms with Gasteiger partial charge in [0, 0.05) is 7.05 Å². The highest BCUT2D eigenvalue weighted by atomic mass is 16.5. The molecule has 1 aromatic carbocycles. The van der Waals surface area contributed by atoms with E-state index in [2.05, 4.69) is 4.98 Å². The third kappa shape index (κ3) is 2.79. The average molecular weight is 260 g/mol. The van der Waals surface area contributed by atoms with Gasteiger partial charge in [-0.1, -0.05) is 30.3 Å². The Morgan fingerprint density at radius 2 is 2.05 bits per heavy atom. The molecule has 1 N–H and O–H groups in total. The van der Waals surface area contributed by atoms with Gasteiger partial charge in [0.25, 0.3) is 5.56 Å². The molecule has 0 spiro atoms. The first-order valence-corrected chi connectivity index (χ1v) is 5.55. The maximum absolute atomic E-state index is 11.8. The topological polar surface area (TPSA) is 81.4 Å². The normalized spacial score (nSPS) is 10.2. The van der Waals surface area contributed by atoms with Crippen LogP contribution in [-0.2, 0) is 13.7 Å². The van der Waals surface area contributed by atoms with E-state index in [1.807, 2.05) is 30.3 Å². The molecule has 1 heterocycles. The molecule has 98 valence electrons. The summed E-state index contributed by atoms with van der Waals surface area (Å²) in [4.78, 5) is 26.5. The largest absolute Gasteiger partial charge is 0.481 e. The minimum absolute atomic E-state index is 0.113. The van der Waals surface area contributed by atoms with Crippen molar-refractivity contribution >= 4 is 5.97 Å². The van der Waals surface area contributed by atoms with Crippen molar-refractivity contribution in [2.75, 3.05) is 0 Å². The molecule has 6 nitrogen and oxygen atoms in total. The molecule has 0 aliphatic carbocycles. The Kier molecular flexibility index (Phi) is 3.61. The Morgan fingerprint density at radius 1 is 1.37 bits per heavy atom. The van der Waals surface area contributed by atoms with Crippen LogP contribution in [0, 0.1) is 0 Å². The monoisotopic (exact) mass is 260 g/mol. The Hall–Kier alpha value is -2.63. The quantitative estimate of drug-likeness (QED) is 0.888. The lowest BCUT2D eigenvalue weighted by atomic mass is 10.2. The molecule has 0 amide bonds. The number of hydrogen-bond donors (Lipinski definition) is 1. The Morgan fingerprint density at radius 3 is 2.68 bits per heavy atom. The van der Waals surface area contributed by atoms with Crippen LogP contribution >= 0.6 is 0 Å². The van der Waals surface area contributed by atoms with Crippen LogP contribution in [-0.4, -0.2) is 20.6 Å². The fourth-order valence-corrected chi connectivity index (χ4v) is 1.53. The van der Waals surface area contributed by atoms with Crippen LogP contribution < -0.4 is 10.3 Å². The fraction of sp³-hybridized carbons (Fsp3) is 0.154. The predicted molar refractivity (Wildman–Crippen MR) is 67.2 cm³/mol. The summed E-state index contributed by atoms with van der Waals surface area (Å²) in [7, 11) is 1.48. The van der Waals surface area contributed by atoms with Crippen molar-refractivity contribution in [1.29, 1.82) is 0 Å². The smallest absolute Gasteiger partial charge is 0.358 e. The van der Waals surface area contributed by atoms with Gasteiger partial charge in [-0.2, -0.15) is 0 Å². The minimum atomic E-state index is -1.29. The molecule has 0 bridgehead atoms. The van der Waals surface area contributed by atoms with E-state index < -0.39 is 11.5 Å². The molecule has 6 heteroatoms. The number of benzene rings is 1. The fourth-order valence-electron chi connectivity index (χ4n) is 1.53. The third-order valence-corrected chi connectivity index (χ3v) is 2.52. The lowest BCUT2D eigenvalue weighted by molar-refractivity contribution is 0.0683. The highest BCUT2D eigenvalue weighted by Gasteiger charge is 2.18. The molecule has 0 radical (unpaired) electrons. The molecule has 0 aliphatic rings. The molecule has 19 heavy (non-hydrogen) atoms. The second-order valence-corrected chi connectivity index (χ2v) is 3.92. The van der Waals surface area contributed by atoms with Gasteiger partial charge < -0.3 is 9.84 Å². The first-order valence-electron chi connectivity index (χ1n) is 5.55. The number of carboxylic acids is 1. The van der Waals surface area contributed by atoms with Gasteiger partial charge in [-0.05, 0) is 5.56 Å². The van der Waals surface area contributed by atoms with Crippen molar-refractivity contribution < 1.29 is 14.6 Å². The maximum atomic E-state index is 11.8. The van der Waals surface area contributed by atoms with Crippen LogP contribution in [0.2, 0.25) is 0 Å². The van der Waals surface area contributed by atoms with Crippen LogP contribution in [0.15, 0.2) is 41.5 Å². The van der Waals surface area contributed by atoms with E-state index in [0.717, 1.165) is 11.9 Å². The SMILES string of the molecule is Cn1cnc(C(=O)O)c(OCc2ccccc2)c1=O. The zero-order chi connectivity index (χ0) is 13.8. The molecular formula is C13H12N2O4. The van der Waals surface area contributed by atoms with Crippen molar-refractivity contribution in [3.8, 4) is 5.75 Å². The molecule has 0 fully saturated rings. The summed E-state index contributed by atoms with van der Waals surface area (Å²) in [6, 6.07) is 9.16. The van der Waals surface area contributed by atoms with Gasteiger partial charge in [0.05, 0.1) is 6.33 Å². The van der Waals surface area contributed by atoms with Crippen LogP contribution in [0.1, 0.15) is 16.1 Å². The van der Waals surface area contributed by atoms with Crippen LogP contribution in [0.4, 0.5) is 0 Å². The Bertz CT molecular complexity index is 649. The summed E-state index contributed by atoms with van der Waals surface area (Å²) >= 11 is 0. The summed E-state index contributed by atoms with van der Waals surface area (Å²) in [5.74, 6) is -1.54. The number of rotatable bonds is 4. The van der Waals surface area contributed by atoms with Gasteiger partial charge in [0.15, 0.2) is 5.69 Å². The summed E-state index contributed by atoms with van der Waals surface area (Å²) in [6.45, 7) is 0.113. The number of aryl methyl sites for hydroxylation is 1. The van der Waals surface area contributed by atoms with E-state index in [9.17, 15) is 9.59 Å². The van der Waals surface area contributed by atoms with E-state index in [-0.39, 0.29) is 18.1 Å². The van der Waals surface area contributed by atoms with Crippen molar-refractivity contribution in [3.05, 3.63) is 58.3 Å². The third-order valence-electron chi connectivity index (χ3n) is 2.52. The lowest BCUT2D eigenvalue weighted by Crippen LogP contribution is -2.23. The molecule has 0 saturated heterocycles. The summed E-state index contributed by atoms with van der Waals surface area (Å²) in [5, 5.41) is 8.99. The highest BCUT2D eigenvalue weighted by molar-refractivity contribution is 5.88. The van der Waals surface area contributed by atoms with Gasteiger partial charge in [-0.15, -0.1) is 0 Å². The second-order valence-electron chi connectivity index (χ2n) is 3.92. The molecule has 0 unspecified atom stereocenters. The van der Waals surface area contributed by atoms with Gasteiger partial charge in [-0.3, -0.25) is 9.36 Å². The number of carbonyl (C=O) groups is 1. The molecular weight excluding hydrogens is 248 g/mol. The van der Waals surface area contributed by atoms with Crippen LogP contribution in [0.5, 0.6) is 5.75 Å². The Balaban J connectivity index is 2.31. The van der Waals surface area contributed by atoms with Crippen molar-refractivity contribution in [2.24, 2.45) is 7.05 Å². The minimum Gasteiger partial charge on any atom is -0.481 e. The van der Waals surface area contributed by atoms with E-state index >= 15 is 0 Å². The number of hydrogen-bond acceptors (Lipinski definition) is 4. The molecule has 2 rings (SSSR count). The number of carboxylic acid groups (broad SMARTS) is 1. The standard InChI is InChI=1S/C13H12N2O4/c1-15-8-14-10(13(17)18)11(12(15)16)19-7-9-5-3-2-4-6-9/h2-6,8H,7H2,1H3,(H,17,18). The van der Waals surface area contributed by atoms with Crippen molar-refractivity contribution in [2.45, 2.75) is 6.61 Å². The van der Waals surface area contributed by atoms with Crippen LogP contribution in [0.3, 0.4) is 0 Å². The average Bonchev–Trinajstić information content (AvgIpc) is 2.41. The lowest BCUT2D eigenvalue weighted by Gasteiger charge is -2.08. The molecule has 0 aliphatic heterocycles. The predicted octanol–water partition coefficient (Wildman–Crippen LogP) is 1.06. The van der Waals surface area contributed by atoms with Gasteiger partial charge in [0.1, 0.15) is 6.61 Å². The summed E-state index contributed by atoms with van der Waals surface area (Å²) < 4.78 is 6.49. The van der Waals surface area contributed by atoms with Crippen LogP contribution in [0.25, 0.3) is 0 Å². The Labute approximate surface area is 108 Å². The first kappa shape index (κ1) is 12.8. The van der Waals surface area contributed by atoms with Gasteiger partial charge in [0.2, 0.25) is 5.75 Å². The van der Waals surface area contributed by atoms with Crippen molar-refractivity contribution in [3.63, 3.8) is 0 Å². The molecule has 0 atom stereocenters. The first-order chi connectivity index (χ1) is 9.09. The van der Waals surface area contributed by atoms with E-state index in [1.54, 1.807) is 0 Å². The maximum Gasteiger partial charge on any atom is 0.358 e. The number of ether oxygens (including phenoxy) is 1. The number of aromatic nitrogens is 2. The zero-order valence-corrected chi connectivity index (χ0v) is 10.2. The second kappa shape index (κ2) is 5.34. The molecule has 0 saturated carbocycles. The van der Waals surface area contributed by atoms with Crippen molar-refractivity contribution in [1.82, 2.24) is 9.55 Å². The molecule has 2 aromatic rings. The highest BCUT2D eigenvalue weighted by Crippen LogP contribution is 2.12. The van der Waals surface area contributed by atoms with Gasteiger partial charge >= 0.3 is 5.97 Å². The van der Waals surface area contributed by atoms with E-state index in [1.165, 1.54) is 11.6 Å². The zero-order valence-electron chi connectivity index (χ0n) is 10.2. The van der Waals surface area contributed by atoms with E-state index in [4.69, 9.17) is 9.84 Å². The molecule has 1 aromatic heterocycles. The number of aromatic carboxylic acids is 1. The van der Waals surface area contributed by atoms with Gasteiger partial charge in [-0.25, -0.2) is 9.78 Å². The number of nitrogens with zero attached hydrogens (tertiary/aromatic N) is 2. The summed E-state index contributed by atoms with van der Waals surface area (Å²) in [5.41, 5.74) is -0.0629. The summed E-state index contributed by atoms with van der Waals surface area (Å²) in [6.07, 6.45) is 1.15. The van der Waals surface area contributed by atoms with E-state index in [0.29, 0.717) is 0 Å².